The Kier molecular flexibility index (Phi) is 6.79. The quantitative estimate of drug-likeness (QED) is 0.199. The Morgan fingerprint density at radius 2 is 1.25 bits per heavy atom. The number of hydrogen-bond acceptors (Lipinski definition) is 2. The van der Waals surface area contributed by atoms with Crippen LogP contribution in [-0.2, 0) is 25.7 Å². The van der Waals surface area contributed by atoms with Gasteiger partial charge in [-0.2, -0.15) is 0 Å². The molecule has 0 saturated heterocycles. The van der Waals surface area contributed by atoms with Crippen LogP contribution in [0.4, 0.5) is 0 Å². The zero-order valence-corrected chi connectivity index (χ0v) is 25.3. The fraction of sp³-hybridized carbons (Fsp3) is 0.214. The summed E-state index contributed by atoms with van der Waals surface area (Å²) < 4.78 is 0. The van der Waals surface area contributed by atoms with Crippen molar-refractivity contribution in [2.75, 3.05) is 0 Å². The minimum atomic E-state index is 0.345. The van der Waals surface area contributed by atoms with Crippen LogP contribution >= 0.6 is 0 Å². The number of phenols is 1. The lowest BCUT2D eigenvalue weighted by molar-refractivity contribution is 0.476. The molecule has 0 bridgehead atoms. The van der Waals surface area contributed by atoms with Crippen molar-refractivity contribution in [1.29, 1.82) is 0 Å². The predicted octanol–water partition coefficient (Wildman–Crippen LogP) is 10.8. The Morgan fingerprint density at radius 1 is 0.591 bits per heavy atom. The highest BCUT2D eigenvalue weighted by Gasteiger charge is 2.18. The van der Waals surface area contributed by atoms with Crippen LogP contribution in [0.15, 0.2) is 109 Å². The molecule has 1 atom stereocenters. The average Bonchev–Trinajstić information content (AvgIpc) is 3.08. The summed E-state index contributed by atoms with van der Waals surface area (Å²) in [5.74, 6) is 1.15. The highest BCUT2D eigenvalue weighted by Crippen LogP contribution is 2.37. The first-order chi connectivity index (χ1) is 21.6. The van der Waals surface area contributed by atoms with Crippen LogP contribution in [0.3, 0.4) is 0 Å². The summed E-state index contributed by atoms with van der Waals surface area (Å²) in [5, 5.41) is 20.2. The lowest BCUT2D eigenvalue weighted by atomic mass is 9.82. The summed E-state index contributed by atoms with van der Waals surface area (Å²) in [6.45, 7) is 2.37. The maximum absolute atomic E-state index is 9.73. The molecule has 0 spiro atoms. The first-order valence-corrected chi connectivity index (χ1v) is 16.2. The van der Waals surface area contributed by atoms with E-state index in [1.165, 1.54) is 99.3 Å². The van der Waals surface area contributed by atoms with Gasteiger partial charge in [-0.25, -0.2) is 0 Å². The number of benzene rings is 6. The molecule has 2 aliphatic carbocycles. The van der Waals surface area contributed by atoms with E-state index in [9.17, 15) is 5.11 Å². The molecule has 9 rings (SSSR count). The summed E-state index contributed by atoms with van der Waals surface area (Å²) in [6, 6.07) is 36.6. The molecule has 2 heteroatoms. The van der Waals surface area contributed by atoms with Gasteiger partial charge in [-0.1, -0.05) is 79.7 Å². The van der Waals surface area contributed by atoms with E-state index in [2.05, 4.69) is 84.7 Å². The highest BCUT2D eigenvalue weighted by atomic mass is 16.3. The van der Waals surface area contributed by atoms with Crippen molar-refractivity contribution < 1.29 is 5.11 Å². The van der Waals surface area contributed by atoms with Crippen LogP contribution < -0.4 is 0 Å². The number of phenolic OH excluding ortho intramolecular Hbond substituents is 1. The van der Waals surface area contributed by atoms with Crippen LogP contribution in [-0.4, -0.2) is 10.1 Å². The smallest absolute Gasteiger partial charge is 0.116 e. The van der Waals surface area contributed by atoms with Crippen molar-refractivity contribution in [2.24, 2.45) is 5.92 Å². The fourth-order valence-electron chi connectivity index (χ4n) is 7.67. The predicted molar refractivity (Wildman–Crippen MR) is 186 cm³/mol. The molecule has 1 aromatic heterocycles. The Hall–Kier alpha value is -4.69. The molecule has 6 aromatic carbocycles. The first kappa shape index (κ1) is 26.9. The molecule has 0 fully saturated rings. The average molecular weight is 572 g/mol. The number of pyridine rings is 1. The van der Waals surface area contributed by atoms with Crippen LogP contribution in [0.2, 0.25) is 0 Å². The number of aromatic nitrogens is 1. The van der Waals surface area contributed by atoms with Gasteiger partial charge in [0, 0.05) is 11.8 Å². The molecular weight excluding hydrogens is 534 g/mol. The third-order valence-electron chi connectivity index (χ3n) is 9.98. The highest BCUT2D eigenvalue weighted by molar-refractivity contribution is 6.10. The number of nitrogens with zero attached hydrogens (tertiary/aromatic N) is 1. The van der Waals surface area contributed by atoms with Gasteiger partial charge in [0.1, 0.15) is 5.75 Å². The van der Waals surface area contributed by atoms with E-state index in [-0.39, 0.29) is 0 Å². The largest absolute Gasteiger partial charge is 0.508 e. The second kappa shape index (κ2) is 11.1. The van der Waals surface area contributed by atoms with Crippen molar-refractivity contribution >= 4 is 43.1 Å². The molecule has 1 N–H and O–H groups in total. The SMILES string of the molecule is CC1CCc2c(ccc3c2ccc2ccc(-c4ccccn4)cc23)C1.Oc1ccc2ccc3c4c(ccc3c2c1)CCCC4. The van der Waals surface area contributed by atoms with Gasteiger partial charge < -0.3 is 5.11 Å². The van der Waals surface area contributed by atoms with E-state index in [0.29, 0.717) is 5.75 Å². The van der Waals surface area contributed by atoms with Crippen molar-refractivity contribution in [3.63, 3.8) is 0 Å². The van der Waals surface area contributed by atoms with Crippen molar-refractivity contribution in [3.8, 4) is 17.0 Å². The lowest BCUT2D eigenvalue weighted by Crippen LogP contribution is -2.11. The first-order valence-electron chi connectivity index (χ1n) is 16.2. The zero-order valence-electron chi connectivity index (χ0n) is 25.3. The Labute approximate surface area is 259 Å². The van der Waals surface area contributed by atoms with E-state index in [4.69, 9.17) is 0 Å². The Bertz CT molecular complexity index is 2180. The Balaban J connectivity index is 0.000000136. The molecule has 7 aromatic rings. The zero-order chi connectivity index (χ0) is 29.6. The summed E-state index contributed by atoms with van der Waals surface area (Å²) in [4.78, 5) is 4.51. The second-order valence-electron chi connectivity index (χ2n) is 12.8. The molecule has 0 aliphatic heterocycles. The van der Waals surface area contributed by atoms with Gasteiger partial charge >= 0.3 is 0 Å². The molecule has 44 heavy (non-hydrogen) atoms. The summed E-state index contributed by atoms with van der Waals surface area (Å²) in [6.07, 6.45) is 10.6. The second-order valence-corrected chi connectivity index (χ2v) is 12.8. The van der Waals surface area contributed by atoms with E-state index in [0.717, 1.165) is 17.0 Å². The monoisotopic (exact) mass is 571 g/mol. The number of rotatable bonds is 1. The molecular formula is C42H37NO. The fourth-order valence-corrected chi connectivity index (χ4v) is 7.67. The number of fused-ring (bicyclic) bond motifs is 10. The summed E-state index contributed by atoms with van der Waals surface area (Å²) >= 11 is 0. The van der Waals surface area contributed by atoms with E-state index < -0.39 is 0 Å². The molecule has 1 unspecified atom stereocenters. The summed E-state index contributed by atoms with van der Waals surface area (Å²) in [5.41, 5.74) is 8.37. The number of aryl methyl sites for hydroxylation is 3. The van der Waals surface area contributed by atoms with Gasteiger partial charge in [0.15, 0.2) is 0 Å². The van der Waals surface area contributed by atoms with Crippen molar-refractivity contribution in [3.05, 3.63) is 132 Å². The standard InChI is InChI=1S/C24H21N.C18H16O/c1-16-5-10-20-18(14-16)9-12-22-21(20)11-8-17-6-7-19(15-23(17)22)24-4-2-3-13-25-24;19-14-8-5-13-7-9-16-15-4-2-1-3-12(15)6-10-17(16)18(13)11-14/h2-4,6-9,11-13,15-16H,5,10,14H2,1H3;5-11,19H,1-4H2. The molecule has 2 nitrogen and oxygen atoms in total. The molecule has 0 saturated carbocycles. The third kappa shape index (κ3) is 4.79. The van der Waals surface area contributed by atoms with Gasteiger partial charge in [0.2, 0.25) is 0 Å². The molecule has 1 heterocycles. The maximum atomic E-state index is 9.73. The van der Waals surface area contributed by atoms with Crippen LogP contribution in [0.5, 0.6) is 5.75 Å². The van der Waals surface area contributed by atoms with E-state index >= 15 is 0 Å². The van der Waals surface area contributed by atoms with Gasteiger partial charge in [0.05, 0.1) is 5.69 Å². The Morgan fingerprint density at radius 3 is 2.02 bits per heavy atom. The van der Waals surface area contributed by atoms with E-state index in [1.54, 1.807) is 17.2 Å². The maximum Gasteiger partial charge on any atom is 0.116 e. The summed E-state index contributed by atoms with van der Waals surface area (Å²) in [7, 11) is 0. The van der Waals surface area contributed by atoms with Crippen molar-refractivity contribution in [2.45, 2.75) is 51.9 Å². The normalized spacial score (nSPS) is 16.0. The molecule has 0 radical (unpaired) electrons. The third-order valence-corrected chi connectivity index (χ3v) is 9.98. The number of aromatic hydroxyl groups is 1. The van der Waals surface area contributed by atoms with Crippen molar-refractivity contribution in [1.82, 2.24) is 4.98 Å². The van der Waals surface area contributed by atoms with Gasteiger partial charge in [-0.15, -0.1) is 0 Å². The van der Waals surface area contributed by atoms with E-state index in [1.807, 2.05) is 30.5 Å². The molecule has 2 aliphatic rings. The van der Waals surface area contributed by atoms with Crippen LogP contribution in [0.1, 0.15) is 48.4 Å². The molecule has 216 valence electrons. The topological polar surface area (TPSA) is 33.1 Å². The van der Waals surface area contributed by atoms with Crippen LogP contribution in [0, 0.1) is 5.92 Å². The lowest BCUT2D eigenvalue weighted by Gasteiger charge is -2.23. The van der Waals surface area contributed by atoms with Crippen LogP contribution in [0.25, 0.3) is 54.3 Å². The van der Waals surface area contributed by atoms with Gasteiger partial charge in [0.25, 0.3) is 0 Å². The minimum Gasteiger partial charge on any atom is -0.508 e. The minimum absolute atomic E-state index is 0.345. The van der Waals surface area contributed by atoms with Gasteiger partial charge in [-0.3, -0.25) is 4.98 Å². The van der Waals surface area contributed by atoms with Gasteiger partial charge in [-0.05, 0) is 147 Å². The number of hydrogen-bond donors (Lipinski definition) is 1. The molecule has 0 amide bonds.